The molecular weight excluding hydrogens is 218 g/mol. The van der Waals surface area contributed by atoms with Gasteiger partial charge in [0, 0.05) is 45.3 Å². The van der Waals surface area contributed by atoms with Gasteiger partial charge in [-0.1, -0.05) is 0 Å². The molecule has 98 valence electrons. The maximum Gasteiger partial charge on any atom is 0.304 e. The SMILES string of the molecule is CN1CCC(N2CCN(CCC(=O)O)CC2)C1. The molecule has 17 heavy (non-hydrogen) atoms. The van der Waals surface area contributed by atoms with E-state index >= 15 is 0 Å². The zero-order valence-electron chi connectivity index (χ0n) is 10.6. The second kappa shape index (κ2) is 5.80. The Balaban J connectivity index is 1.69. The van der Waals surface area contributed by atoms with Crippen molar-refractivity contribution < 1.29 is 9.90 Å². The first-order valence-corrected chi connectivity index (χ1v) is 6.52. The van der Waals surface area contributed by atoms with Crippen LogP contribution in [0.5, 0.6) is 0 Å². The standard InChI is InChI=1S/C12H23N3O2/c1-13-4-2-11(10-13)15-8-6-14(7-9-15)5-3-12(16)17/h11H,2-10H2,1H3,(H,16,17). The Labute approximate surface area is 103 Å². The fraction of sp³-hybridized carbons (Fsp3) is 0.917. The minimum atomic E-state index is -0.690. The van der Waals surface area contributed by atoms with E-state index in [1.165, 1.54) is 19.5 Å². The number of hydrogen-bond donors (Lipinski definition) is 1. The molecule has 0 spiro atoms. The molecule has 0 aromatic rings. The van der Waals surface area contributed by atoms with Gasteiger partial charge in [0.1, 0.15) is 0 Å². The van der Waals surface area contributed by atoms with Crippen LogP contribution in [0.2, 0.25) is 0 Å². The smallest absolute Gasteiger partial charge is 0.304 e. The summed E-state index contributed by atoms with van der Waals surface area (Å²) in [4.78, 5) is 17.7. The summed E-state index contributed by atoms with van der Waals surface area (Å²) in [5, 5.41) is 8.66. The van der Waals surface area contributed by atoms with Crippen LogP contribution in [0.4, 0.5) is 0 Å². The topological polar surface area (TPSA) is 47.0 Å². The molecule has 2 saturated heterocycles. The summed E-state index contributed by atoms with van der Waals surface area (Å²) < 4.78 is 0. The predicted octanol–water partition coefficient (Wildman–Crippen LogP) is -0.217. The zero-order valence-corrected chi connectivity index (χ0v) is 10.6. The number of rotatable bonds is 4. The van der Waals surface area contributed by atoms with Crippen molar-refractivity contribution in [1.29, 1.82) is 0 Å². The number of carbonyl (C=O) groups is 1. The van der Waals surface area contributed by atoms with Crippen molar-refractivity contribution in [2.75, 3.05) is 52.9 Å². The van der Waals surface area contributed by atoms with Gasteiger partial charge in [-0.25, -0.2) is 0 Å². The van der Waals surface area contributed by atoms with Crippen LogP contribution >= 0.6 is 0 Å². The molecule has 1 atom stereocenters. The lowest BCUT2D eigenvalue weighted by molar-refractivity contribution is -0.137. The number of aliphatic carboxylic acids is 1. The first kappa shape index (κ1) is 12.8. The molecule has 0 bridgehead atoms. The maximum absolute atomic E-state index is 10.5. The van der Waals surface area contributed by atoms with Crippen molar-refractivity contribution >= 4 is 5.97 Å². The third kappa shape index (κ3) is 3.66. The van der Waals surface area contributed by atoms with Crippen LogP contribution < -0.4 is 0 Å². The van der Waals surface area contributed by atoms with Crippen molar-refractivity contribution in [2.45, 2.75) is 18.9 Å². The Morgan fingerprint density at radius 3 is 2.47 bits per heavy atom. The van der Waals surface area contributed by atoms with E-state index in [2.05, 4.69) is 21.7 Å². The number of carboxylic acids is 1. The fourth-order valence-corrected chi connectivity index (χ4v) is 2.82. The lowest BCUT2D eigenvalue weighted by Crippen LogP contribution is -2.51. The van der Waals surface area contributed by atoms with Gasteiger partial charge in [0.2, 0.25) is 0 Å². The molecular formula is C12H23N3O2. The number of likely N-dealkylation sites (N-methyl/N-ethyl adjacent to an activating group) is 1. The monoisotopic (exact) mass is 241 g/mol. The molecule has 0 aromatic heterocycles. The number of carboxylic acid groups (broad SMARTS) is 1. The van der Waals surface area contributed by atoms with Gasteiger partial charge in [-0.05, 0) is 20.0 Å². The van der Waals surface area contributed by atoms with Gasteiger partial charge in [0.25, 0.3) is 0 Å². The van der Waals surface area contributed by atoms with Crippen molar-refractivity contribution in [1.82, 2.24) is 14.7 Å². The molecule has 0 aliphatic carbocycles. The van der Waals surface area contributed by atoms with Gasteiger partial charge in [-0.3, -0.25) is 9.69 Å². The lowest BCUT2D eigenvalue weighted by Gasteiger charge is -2.37. The molecule has 2 aliphatic rings. The van der Waals surface area contributed by atoms with Crippen molar-refractivity contribution in [2.24, 2.45) is 0 Å². The van der Waals surface area contributed by atoms with Crippen LogP contribution in [0.1, 0.15) is 12.8 Å². The number of piperazine rings is 1. The molecule has 0 saturated carbocycles. The fourth-order valence-electron chi connectivity index (χ4n) is 2.82. The van der Waals surface area contributed by atoms with Crippen molar-refractivity contribution in [3.05, 3.63) is 0 Å². The second-order valence-corrected chi connectivity index (χ2v) is 5.23. The Kier molecular flexibility index (Phi) is 4.36. The zero-order chi connectivity index (χ0) is 12.3. The van der Waals surface area contributed by atoms with Crippen LogP contribution in [-0.2, 0) is 4.79 Å². The summed E-state index contributed by atoms with van der Waals surface area (Å²) in [6, 6.07) is 0.724. The van der Waals surface area contributed by atoms with E-state index in [1.807, 2.05) is 0 Å². The Bertz CT molecular complexity index is 264. The van der Waals surface area contributed by atoms with E-state index in [9.17, 15) is 4.79 Å². The van der Waals surface area contributed by atoms with Gasteiger partial charge in [0.05, 0.1) is 6.42 Å². The van der Waals surface area contributed by atoms with Gasteiger partial charge < -0.3 is 14.9 Å². The number of hydrogen-bond acceptors (Lipinski definition) is 4. The van der Waals surface area contributed by atoms with E-state index in [0.717, 1.165) is 32.2 Å². The van der Waals surface area contributed by atoms with Gasteiger partial charge >= 0.3 is 5.97 Å². The molecule has 2 aliphatic heterocycles. The molecule has 0 aromatic carbocycles. The Hall–Kier alpha value is -0.650. The first-order chi connectivity index (χ1) is 8.15. The normalized spacial score (nSPS) is 28.6. The average Bonchev–Trinajstić information content (AvgIpc) is 2.74. The molecule has 2 fully saturated rings. The summed E-state index contributed by atoms with van der Waals surface area (Å²) in [6.07, 6.45) is 1.55. The van der Waals surface area contributed by atoms with Crippen LogP contribution in [0.15, 0.2) is 0 Å². The average molecular weight is 241 g/mol. The number of likely N-dealkylation sites (tertiary alicyclic amines) is 1. The molecule has 1 unspecified atom stereocenters. The van der Waals surface area contributed by atoms with Crippen LogP contribution in [0.3, 0.4) is 0 Å². The Morgan fingerprint density at radius 2 is 1.94 bits per heavy atom. The van der Waals surface area contributed by atoms with E-state index < -0.39 is 5.97 Å². The molecule has 0 amide bonds. The molecule has 2 rings (SSSR count). The highest BCUT2D eigenvalue weighted by Crippen LogP contribution is 2.16. The van der Waals surface area contributed by atoms with Gasteiger partial charge in [0.15, 0.2) is 0 Å². The van der Waals surface area contributed by atoms with Crippen molar-refractivity contribution in [3.8, 4) is 0 Å². The molecule has 5 nitrogen and oxygen atoms in total. The van der Waals surface area contributed by atoms with Gasteiger partial charge in [-0.15, -0.1) is 0 Å². The largest absolute Gasteiger partial charge is 0.481 e. The maximum atomic E-state index is 10.5. The van der Waals surface area contributed by atoms with Gasteiger partial charge in [-0.2, -0.15) is 0 Å². The summed E-state index contributed by atoms with van der Waals surface area (Å²) >= 11 is 0. The summed E-state index contributed by atoms with van der Waals surface area (Å²) in [5.41, 5.74) is 0. The highest BCUT2D eigenvalue weighted by atomic mass is 16.4. The molecule has 5 heteroatoms. The predicted molar refractivity (Wildman–Crippen MR) is 66.2 cm³/mol. The molecule has 2 heterocycles. The first-order valence-electron chi connectivity index (χ1n) is 6.52. The van der Waals surface area contributed by atoms with Crippen LogP contribution in [0.25, 0.3) is 0 Å². The quantitative estimate of drug-likeness (QED) is 0.737. The second-order valence-electron chi connectivity index (χ2n) is 5.23. The van der Waals surface area contributed by atoms with Crippen molar-refractivity contribution in [3.63, 3.8) is 0 Å². The summed E-state index contributed by atoms with van der Waals surface area (Å²) in [6.45, 7) is 7.34. The van der Waals surface area contributed by atoms with Crippen LogP contribution in [-0.4, -0.2) is 84.7 Å². The minimum absolute atomic E-state index is 0.270. The van der Waals surface area contributed by atoms with E-state index in [-0.39, 0.29) is 6.42 Å². The number of nitrogens with zero attached hydrogens (tertiary/aromatic N) is 3. The van der Waals surface area contributed by atoms with E-state index in [0.29, 0.717) is 6.54 Å². The lowest BCUT2D eigenvalue weighted by atomic mass is 10.2. The summed E-state index contributed by atoms with van der Waals surface area (Å²) in [7, 11) is 2.18. The van der Waals surface area contributed by atoms with E-state index in [1.54, 1.807) is 0 Å². The van der Waals surface area contributed by atoms with E-state index in [4.69, 9.17) is 5.11 Å². The van der Waals surface area contributed by atoms with Crippen LogP contribution in [0, 0.1) is 0 Å². The summed E-state index contributed by atoms with van der Waals surface area (Å²) in [5.74, 6) is -0.690. The third-order valence-electron chi connectivity index (χ3n) is 3.93. The Morgan fingerprint density at radius 1 is 1.24 bits per heavy atom. The highest BCUT2D eigenvalue weighted by molar-refractivity contribution is 5.66. The third-order valence-corrected chi connectivity index (χ3v) is 3.93. The minimum Gasteiger partial charge on any atom is -0.481 e. The molecule has 0 radical (unpaired) electrons. The molecule has 1 N–H and O–H groups in total. The highest BCUT2D eigenvalue weighted by Gasteiger charge is 2.28.